The molecule has 3 heteroatoms. The van der Waals surface area contributed by atoms with E-state index in [1.165, 1.54) is 51.4 Å². The molecule has 4 unspecified atom stereocenters. The number of rotatable bonds is 4. The van der Waals surface area contributed by atoms with Gasteiger partial charge in [0.05, 0.1) is 12.1 Å². The monoisotopic (exact) mass is 240 g/mol. The third-order valence-corrected chi connectivity index (χ3v) is 4.76. The molecule has 4 atom stereocenters. The van der Waals surface area contributed by atoms with Crippen molar-refractivity contribution >= 4 is 0 Å². The number of hydrogen-bond acceptors (Lipinski definition) is 3. The summed E-state index contributed by atoms with van der Waals surface area (Å²) < 4.78 is 5.93. The fraction of sp³-hybridized carbons (Fsp3) is 1.00. The fourth-order valence-electron chi connectivity index (χ4n) is 3.77. The summed E-state index contributed by atoms with van der Waals surface area (Å²) in [6, 6.07) is 0.376. The lowest BCUT2D eigenvalue weighted by atomic mass is 9.72. The van der Waals surface area contributed by atoms with Crippen molar-refractivity contribution in [2.24, 2.45) is 17.7 Å². The first-order chi connectivity index (χ1) is 8.36. The van der Waals surface area contributed by atoms with E-state index in [9.17, 15) is 0 Å². The summed E-state index contributed by atoms with van der Waals surface area (Å²) in [4.78, 5) is 0. The van der Waals surface area contributed by atoms with E-state index in [4.69, 9.17) is 10.6 Å². The maximum atomic E-state index is 5.93. The highest BCUT2D eigenvalue weighted by Gasteiger charge is 2.35. The van der Waals surface area contributed by atoms with Gasteiger partial charge in [-0.1, -0.05) is 32.6 Å². The third-order valence-electron chi connectivity index (χ3n) is 4.76. The summed E-state index contributed by atoms with van der Waals surface area (Å²) in [6.45, 7) is 3.24. The van der Waals surface area contributed by atoms with E-state index in [0.29, 0.717) is 12.1 Å². The Morgan fingerprint density at radius 3 is 2.59 bits per heavy atom. The predicted octanol–water partition coefficient (Wildman–Crippen LogP) is 2.60. The number of nitrogens with two attached hydrogens (primary N) is 1. The number of hydrogen-bond donors (Lipinski definition) is 2. The Kier molecular flexibility index (Phi) is 5.26. The SMILES string of the molecule is CCC1CCCCC1C(NN)C1CCCCO1. The van der Waals surface area contributed by atoms with Crippen LogP contribution in [0.25, 0.3) is 0 Å². The minimum Gasteiger partial charge on any atom is -0.377 e. The van der Waals surface area contributed by atoms with Crippen LogP contribution in [0.2, 0.25) is 0 Å². The molecule has 3 nitrogen and oxygen atoms in total. The maximum Gasteiger partial charge on any atom is 0.0744 e. The van der Waals surface area contributed by atoms with Crippen LogP contribution >= 0.6 is 0 Å². The lowest BCUT2D eigenvalue weighted by molar-refractivity contribution is -0.0340. The minimum absolute atomic E-state index is 0.353. The molecule has 1 heterocycles. The van der Waals surface area contributed by atoms with Gasteiger partial charge in [0.25, 0.3) is 0 Å². The van der Waals surface area contributed by atoms with Gasteiger partial charge >= 0.3 is 0 Å². The molecule has 0 aromatic carbocycles. The smallest absolute Gasteiger partial charge is 0.0744 e. The van der Waals surface area contributed by atoms with E-state index in [1.807, 2.05) is 0 Å². The van der Waals surface area contributed by atoms with Crippen LogP contribution in [-0.2, 0) is 4.74 Å². The number of ether oxygens (including phenoxy) is 1. The summed E-state index contributed by atoms with van der Waals surface area (Å²) in [5.41, 5.74) is 3.08. The molecule has 0 spiro atoms. The van der Waals surface area contributed by atoms with Crippen LogP contribution < -0.4 is 11.3 Å². The Morgan fingerprint density at radius 1 is 1.18 bits per heavy atom. The average Bonchev–Trinajstić information content (AvgIpc) is 2.41. The van der Waals surface area contributed by atoms with Crippen molar-refractivity contribution in [1.29, 1.82) is 0 Å². The highest BCUT2D eigenvalue weighted by molar-refractivity contribution is 4.89. The van der Waals surface area contributed by atoms with Crippen LogP contribution in [0, 0.1) is 11.8 Å². The van der Waals surface area contributed by atoms with E-state index in [-0.39, 0.29) is 0 Å². The molecule has 1 saturated heterocycles. The second-order valence-electron chi connectivity index (χ2n) is 5.71. The Hall–Kier alpha value is -0.120. The van der Waals surface area contributed by atoms with Crippen molar-refractivity contribution in [2.75, 3.05) is 6.61 Å². The van der Waals surface area contributed by atoms with E-state index in [2.05, 4.69) is 12.3 Å². The van der Waals surface area contributed by atoms with Crippen LogP contribution in [0.1, 0.15) is 58.3 Å². The molecule has 1 aliphatic carbocycles. The van der Waals surface area contributed by atoms with Crippen molar-refractivity contribution in [1.82, 2.24) is 5.43 Å². The van der Waals surface area contributed by atoms with Crippen molar-refractivity contribution in [3.63, 3.8) is 0 Å². The summed E-state index contributed by atoms with van der Waals surface area (Å²) in [6.07, 6.45) is 10.8. The van der Waals surface area contributed by atoms with Gasteiger partial charge in [0.2, 0.25) is 0 Å². The van der Waals surface area contributed by atoms with Gasteiger partial charge in [-0.15, -0.1) is 0 Å². The number of nitrogens with one attached hydrogen (secondary N) is 1. The summed E-state index contributed by atoms with van der Waals surface area (Å²) in [5.74, 6) is 7.39. The molecule has 100 valence electrons. The van der Waals surface area contributed by atoms with Gasteiger partial charge < -0.3 is 4.74 Å². The summed E-state index contributed by atoms with van der Waals surface area (Å²) in [7, 11) is 0. The zero-order valence-electron chi connectivity index (χ0n) is 11.2. The van der Waals surface area contributed by atoms with Gasteiger partial charge in [-0.2, -0.15) is 0 Å². The molecule has 0 amide bonds. The van der Waals surface area contributed by atoms with Crippen LogP contribution in [0.3, 0.4) is 0 Å². The lowest BCUT2D eigenvalue weighted by Crippen LogP contribution is -2.53. The molecular weight excluding hydrogens is 212 g/mol. The van der Waals surface area contributed by atoms with Crippen LogP contribution in [0.4, 0.5) is 0 Å². The Labute approximate surface area is 105 Å². The molecule has 0 aromatic rings. The maximum absolute atomic E-state index is 5.93. The van der Waals surface area contributed by atoms with Gasteiger partial charge in [0.1, 0.15) is 0 Å². The third kappa shape index (κ3) is 3.21. The molecule has 0 bridgehead atoms. The van der Waals surface area contributed by atoms with Gasteiger partial charge in [-0.3, -0.25) is 11.3 Å². The predicted molar refractivity (Wildman–Crippen MR) is 70.4 cm³/mol. The zero-order chi connectivity index (χ0) is 12.1. The summed E-state index contributed by atoms with van der Waals surface area (Å²) >= 11 is 0. The van der Waals surface area contributed by atoms with Crippen LogP contribution in [-0.4, -0.2) is 18.8 Å². The molecule has 2 aliphatic rings. The van der Waals surface area contributed by atoms with Gasteiger partial charge in [0, 0.05) is 6.61 Å². The van der Waals surface area contributed by atoms with E-state index < -0.39 is 0 Å². The Morgan fingerprint density at radius 2 is 1.94 bits per heavy atom. The Balaban J connectivity index is 1.99. The topological polar surface area (TPSA) is 47.3 Å². The second-order valence-corrected chi connectivity index (χ2v) is 5.71. The van der Waals surface area contributed by atoms with Crippen molar-refractivity contribution in [3.05, 3.63) is 0 Å². The largest absolute Gasteiger partial charge is 0.377 e. The average molecular weight is 240 g/mol. The van der Waals surface area contributed by atoms with Crippen LogP contribution in [0.15, 0.2) is 0 Å². The molecule has 17 heavy (non-hydrogen) atoms. The fourth-order valence-corrected chi connectivity index (χ4v) is 3.77. The van der Waals surface area contributed by atoms with E-state index in [1.54, 1.807) is 0 Å². The first kappa shape index (κ1) is 13.3. The van der Waals surface area contributed by atoms with E-state index >= 15 is 0 Å². The second kappa shape index (κ2) is 6.72. The molecule has 3 N–H and O–H groups in total. The van der Waals surface area contributed by atoms with Crippen molar-refractivity contribution in [3.8, 4) is 0 Å². The normalized spacial score (nSPS) is 36.7. The van der Waals surface area contributed by atoms with Gasteiger partial charge in [-0.05, 0) is 37.5 Å². The Bertz CT molecular complexity index is 216. The molecule has 0 radical (unpaired) electrons. The minimum atomic E-state index is 0.353. The highest BCUT2D eigenvalue weighted by Crippen LogP contribution is 2.36. The van der Waals surface area contributed by atoms with Gasteiger partial charge in [0.15, 0.2) is 0 Å². The summed E-state index contributed by atoms with van der Waals surface area (Å²) in [5, 5.41) is 0. The first-order valence-electron chi connectivity index (χ1n) is 7.44. The molecular formula is C14H28N2O. The van der Waals surface area contributed by atoms with Crippen molar-refractivity contribution in [2.45, 2.75) is 70.4 Å². The number of hydrazine groups is 1. The molecule has 2 rings (SSSR count). The zero-order valence-corrected chi connectivity index (χ0v) is 11.2. The standard InChI is InChI=1S/C14H28N2O/c1-2-11-7-3-4-8-12(11)14(16-15)13-9-5-6-10-17-13/h11-14,16H,2-10,15H2,1H3. The molecule has 1 saturated carbocycles. The molecule has 0 aromatic heterocycles. The van der Waals surface area contributed by atoms with Gasteiger partial charge in [-0.25, -0.2) is 0 Å². The quantitative estimate of drug-likeness (QED) is 0.586. The lowest BCUT2D eigenvalue weighted by Gasteiger charge is -2.41. The van der Waals surface area contributed by atoms with E-state index in [0.717, 1.165) is 18.4 Å². The van der Waals surface area contributed by atoms with Crippen LogP contribution in [0.5, 0.6) is 0 Å². The molecule has 1 aliphatic heterocycles. The molecule has 2 fully saturated rings. The first-order valence-corrected chi connectivity index (χ1v) is 7.44. The highest BCUT2D eigenvalue weighted by atomic mass is 16.5. The van der Waals surface area contributed by atoms with Crippen molar-refractivity contribution < 1.29 is 4.74 Å².